The van der Waals surface area contributed by atoms with E-state index in [1.165, 1.54) is 18.4 Å². The van der Waals surface area contributed by atoms with Crippen LogP contribution in [0.15, 0.2) is 24.3 Å². The molecule has 1 heterocycles. The van der Waals surface area contributed by atoms with Gasteiger partial charge in [0, 0.05) is 18.7 Å². The van der Waals surface area contributed by atoms with Gasteiger partial charge < -0.3 is 9.64 Å². The number of hydrogen-bond acceptors (Lipinski definition) is 2. The summed E-state index contributed by atoms with van der Waals surface area (Å²) in [6.07, 6.45) is 3.73. The van der Waals surface area contributed by atoms with E-state index in [4.69, 9.17) is 4.74 Å². The Morgan fingerprint density at radius 2 is 1.80 bits per heavy atom. The third-order valence-electron chi connectivity index (χ3n) is 3.73. The fourth-order valence-corrected chi connectivity index (χ4v) is 2.72. The van der Waals surface area contributed by atoms with Crippen molar-refractivity contribution in [1.29, 1.82) is 0 Å². The molecule has 1 aliphatic heterocycles. The smallest absolute Gasteiger partial charge is 0.254 e. The monoisotopic (exact) mass is 275 g/mol. The van der Waals surface area contributed by atoms with Crippen LogP contribution in [-0.4, -0.2) is 36.1 Å². The lowest BCUT2D eigenvalue weighted by molar-refractivity contribution is -0.0586. The van der Waals surface area contributed by atoms with E-state index in [2.05, 4.69) is 19.1 Å². The van der Waals surface area contributed by atoms with Crippen molar-refractivity contribution < 1.29 is 9.53 Å². The van der Waals surface area contributed by atoms with Crippen molar-refractivity contribution in [3.63, 3.8) is 0 Å². The molecule has 0 spiro atoms. The van der Waals surface area contributed by atoms with Crippen molar-refractivity contribution in [2.45, 2.75) is 52.2 Å². The van der Waals surface area contributed by atoms with E-state index in [1.807, 2.05) is 30.9 Å². The van der Waals surface area contributed by atoms with Crippen LogP contribution in [0.5, 0.6) is 0 Å². The highest BCUT2D eigenvalue weighted by atomic mass is 16.5. The molecule has 3 heteroatoms. The molecule has 3 nitrogen and oxygen atoms in total. The van der Waals surface area contributed by atoms with Gasteiger partial charge in [-0.1, -0.05) is 25.5 Å². The molecule has 0 aromatic heterocycles. The van der Waals surface area contributed by atoms with Crippen LogP contribution < -0.4 is 0 Å². The van der Waals surface area contributed by atoms with E-state index in [0.29, 0.717) is 13.1 Å². The third kappa shape index (κ3) is 3.83. The molecular weight excluding hydrogens is 250 g/mol. The molecule has 1 amide bonds. The van der Waals surface area contributed by atoms with E-state index < -0.39 is 0 Å². The predicted molar refractivity (Wildman–Crippen MR) is 81.0 cm³/mol. The van der Waals surface area contributed by atoms with Crippen LogP contribution >= 0.6 is 0 Å². The number of carbonyl (C=O) groups excluding carboxylic acids is 1. The minimum atomic E-state index is 0.117. The molecule has 0 aliphatic carbocycles. The molecule has 2 rings (SSSR count). The zero-order valence-corrected chi connectivity index (χ0v) is 12.8. The van der Waals surface area contributed by atoms with Crippen molar-refractivity contribution in [2.75, 3.05) is 13.1 Å². The highest BCUT2D eigenvalue weighted by Gasteiger charge is 2.26. The van der Waals surface area contributed by atoms with E-state index in [0.717, 1.165) is 12.0 Å². The zero-order valence-electron chi connectivity index (χ0n) is 12.8. The second-order valence-electron chi connectivity index (χ2n) is 5.77. The first-order valence-corrected chi connectivity index (χ1v) is 7.63. The Morgan fingerprint density at radius 3 is 2.35 bits per heavy atom. The Balaban J connectivity index is 2.01. The molecule has 0 bridgehead atoms. The van der Waals surface area contributed by atoms with Crippen molar-refractivity contribution in [3.8, 4) is 0 Å². The largest absolute Gasteiger partial charge is 0.372 e. The van der Waals surface area contributed by atoms with Crippen molar-refractivity contribution in [2.24, 2.45) is 0 Å². The molecule has 2 atom stereocenters. The maximum atomic E-state index is 12.5. The molecule has 1 aliphatic rings. The minimum Gasteiger partial charge on any atom is -0.372 e. The van der Waals surface area contributed by atoms with Crippen LogP contribution in [0.1, 0.15) is 49.5 Å². The number of ether oxygens (including phenoxy) is 1. The van der Waals surface area contributed by atoms with Crippen LogP contribution in [0.2, 0.25) is 0 Å². The quantitative estimate of drug-likeness (QED) is 0.844. The number of benzene rings is 1. The Morgan fingerprint density at radius 1 is 1.20 bits per heavy atom. The summed E-state index contributed by atoms with van der Waals surface area (Å²) in [7, 11) is 0. The van der Waals surface area contributed by atoms with Crippen LogP contribution in [-0.2, 0) is 11.2 Å². The van der Waals surface area contributed by atoms with E-state index in [1.54, 1.807) is 0 Å². The highest BCUT2D eigenvalue weighted by Crippen LogP contribution is 2.15. The number of carbonyl (C=O) groups is 1. The maximum absolute atomic E-state index is 12.5. The molecule has 1 saturated heterocycles. The highest BCUT2D eigenvalue weighted by molar-refractivity contribution is 5.94. The molecular formula is C17H25NO2. The summed E-state index contributed by atoms with van der Waals surface area (Å²) in [6, 6.07) is 8.07. The van der Waals surface area contributed by atoms with Gasteiger partial charge in [-0.25, -0.2) is 0 Å². The van der Waals surface area contributed by atoms with Gasteiger partial charge in [-0.3, -0.25) is 4.79 Å². The summed E-state index contributed by atoms with van der Waals surface area (Å²) in [4.78, 5) is 14.4. The Bertz CT molecular complexity index is 431. The summed E-state index contributed by atoms with van der Waals surface area (Å²) >= 11 is 0. The lowest BCUT2D eigenvalue weighted by Crippen LogP contribution is -2.48. The van der Waals surface area contributed by atoms with Gasteiger partial charge in [0.05, 0.1) is 12.2 Å². The molecule has 1 aromatic carbocycles. The van der Waals surface area contributed by atoms with E-state index in [9.17, 15) is 4.79 Å². The van der Waals surface area contributed by atoms with Crippen LogP contribution in [0.3, 0.4) is 0 Å². The normalized spacial score (nSPS) is 22.9. The second kappa shape index (κ2) is 6.89. The van der Waals surface area contributed by atoms with Crippen molar-refractivity contribution >= 4 is 5.91 Å². The first-order chi connectivity index (χ1) is 9.60. The van der Waals surface area contributed by atoms with Crippen molar-refractivity contribution in [1.82, 2.24) is 4.90 Å². The number of unbranched alkanes of at least 4 members (excludes halogenated alkanes) is 1. The Labute approximate surface area is 121 Å². The molecule has 1 aromatic rings. The van der Waals surface area contributed by atoms with Crippen LogP contribution in [0.4, 0.5) is 0 Å². The van der Waals surface area contributed by atoms with Gasteiger partial charge in [-0.05, 0) is 44.4 Å². The van der Waals surface area contributed by atoms with Gasteiger partial charge >= 0.3 is 0 Å². The lowest BCUT2D eigenvalue weighted by Gasteiger charge is -2.35. The number of aryl methyl sites for hydroxylation is 1. The number of rotatable bonds is 4. The van der Waals surface area contributed by atoms with Crippen LogP contribution in [0.25, 0.3) is 0 Å². The van der Waals surface area contributed by atoms with Crippen LogP contribution in [0, 0.1) is 0 Å². The lowest BCUT2D eigenvalue weighted by atomic mass is 10.1. The first-order valence-electron chi connectivity index (χ1n) is 7.63. The molecule has 0 radical (unpaired) electrons. The van der Waals surface area contributed by atoms with E-state index in [-0.39, 0.29) is 18.1 Å². The summed E-state index contributed by atoms with van der Waals surface area (Å²) in [6.45, 7) is 7.59. The van der Waals surface area contributed by atoms with E-state index >= 15 is 0 Å². The molecule has 0 unspecified atom stereocenters. The van der Waals surface area contributed by atoms with Gasteiger partial charge in [0.1, 0.15) is 0 Å². The van der Waals surface area contributed by atoms with Gasteiger partial charge in [0.25, 0.3) is 5.91 Å². The summed E-state index contributed by atoms with van der Waals surface area (Å²) in [5.74, 6) is 0.119. The fraction of sp³-hybridized carbons (Fsp3) is 0.588. The summed E-state index contributed by atoms with van der Waals surface area (Å²) in [5.41, 5.74) is 2.10. The number of nitrogens with zero attached hydrogens (tertiary/aromatic N) is 1. The van der Waals surface area contributed by atoms with Crippen molar-refractivity contribution in [3.05, 3.63) is 35.4 Å². The molecule has 1 fully saturated rings. The Hall–Kier alpha value is -1.35. The van der Waals surface area contributed by atoms with Gasteiger partial charge in [0.2, 0.25) is 0 Å². The zero-order chi connectivity index (χ0) is 14.5. The molecule has 20 heavy (non-hydrogen) atoms. The predicted octanol–water partition coefficient (Wildman–Crippen LogP) is 3.28. The second-order valence-corrected chi connectivity index (χ2v) is 5.77. The summed E-state index contributed by atoms with van der Waals surface area (Å²) in [5, 5.41) is 0. The SMILES string of the molecule is CCCCc1ccc(C(=O)N2C[C@@H](C)O[C@@H](C)C2)cc1. The Kier molecular flexibility index (Phi) is 5.18. The topological polar surface area (TPSA) is 29.5 Å². The first kappa shape index (κ1) is 15.0. The number of amides is 1. The number of morpholine rings is 1. The van der Waals surface area contributed by atoms with Gasteiger partial charge in [-0.15, -0.1) is 0 Å². The third-order valence-corrected chi connectivity index (χ3v) is 3.73. The molecule has 0 saturated carbocycles. The maximum Gasteiger partial charge on any atom is 0.254 e. The standard InChI is InChI=1S/C17H25NO2/c1-4-5-6-15-7-9-16(10-8-15)17(19)18-11-13(2)20-14(3)12-18/h7-10,13-14H,4-6,11-12H2,1-3H3/t13-,14+. The minimum absolute atomic E-state index is 0.117. The van der Waals surface area contributed by atoms with Gasteiger partial charge in [-0.2, -0.15) is 0 Å². The fourth-order valence-electron chi connectivity index (χ4n) is 2.72. The number of hydrogen-bond donors (Lipinski definition) is 0. The summed E-state index contributed by atoms with van der Waals surface area (Å²) < 4.78 is 5.67. The molecule has 110 valence electrons. The average molecular weight is 275 g/mol. The van der Waals surface area contributed by atoms with Gasteiger partial charge in [0.15, 0.2) is 0 Å². The molecule has 0 N–H and O–H groups in total. The average Bonchev–Trinajstić information content (AvgIpc) is 2.44.